The minimum atomic E-state index is 0.139. The molecule has 0 spiro atoms. The number of ether oxygens (including phenoxy) is 1. The molecule has 0 radical (unpaired) electrons. The molecule has 0 saturated heterocycles. The monoisotopic (exact) mass is 275 g/mol. The number of hydrogen-bond donors (Lipinski definition) is 1. The van der Waals surface area contributed by atoms with Crippen LogP contribution in [0.3, 0.4) is 0 Å². The van der Waals surface area contributed by atoms with Crippen LogP contribution in [0.5, 0.6) is 0 Å². The second-order valence-corrected chi connectivity index (χ2v) is 4.76. The van der Waals surface area contributed by atoms with Crippen LogP contribution in [-0.4, -0.2) is 25.8 Å². The van der Waals surface area contributed by atoms with Gasteiger partial charge in [0, 0.05) is 12.6 Å². The van der Waals surface area contributed by atoms with Crippen molar-refractivity contribution in [1.82, 2.24) is 5.32 Å². The van der Waals surface area contributed by atoms with E-state index < -0.39 is 0 Å². The SMILES string of the molecule is CCOC(C)C(Cc1cccc(Cl)c1Cl)NC. The highest BCUT2D eigenvalue weighted by Gasteiger charge is 2.17. The Morgan fingerprint density at radius 3 is 2.65 bits per heavy atom. The van der Waals surface area contributed by atoms with Gasteiger partial charge in [0.1, 0.15) is 0 Å². The van der Waals surface area contributed by atoms with E-state index >= 15 is 0 Å². The van der Waals surface area contributed by atoms with Crippen molar-refractivity contribution in [2.45, 2.75) is 32.4 Å². The summed E-state index contributed by atoms with van der Waals surface area (Å²) in [6.45, 7) is 4.77. The Hall–Kier alpha value is -0.280. The number of hydrogen-bond acceptors (Lipinski definition) is 2. The Kier molecular flexibility index (Phi) is 6.28. The van der Waals surface area contributed by atoms with Crippen molar-refractivity contribution < 1.29 is 4.74 Å². The van der Waals surface area contributed by atoms with Gasteiger partial charge in [-0.3, -0.25) is 0 Å². The fraction of sp³-hybridized carbons (Fsp3) is 0.538. The molecule has 2 atom stereocenters. The summed E-state index contributed by atoms with van der Waals surface area (Å²) in [5.41, 5.74) is 1.05. The summed E-state index contributed by atoms with van der Waals surface area (Å²) in [6, 6.07) is 5.94. The summed E-state index contributed by atoms with van der Waals surface area (Å²) in [6.07, 6.45) is 0.942. The highest BCUT2D eigenvalue weighted by molar-refractivity contribution is 6.42. The van der Waals surface area contributed by atoms with Gasteiger partial charge in [0.05, 0.1) is 16.1 Å². The summed E-state index contributed by atoms with van der Waals surface area (Å²) < 4.78 is 5.60. The maximum atomic E-state index is 6.18. The molecule has 1 N–H and O–H groups in total. The molecule has 0 fully saturated rings. The zero-order chi connectivity index (χ0) is 12.8. The van der Waals surface area contributed by atoms with E-state index in [0.29, 0.717) is 16.7 Å². The molecule has 2 nitrogen and oxygen atoms in total. The first-order valence-electron chi connectivity index (χ1n) is 5.81. The van der Waals surface area contributed by atoms with Crippen molar-refractivity contribution in [3.63, 3.8) is 0 Å². The van der Waals surface area contributed by atoms with Crippen molar-refractivity contribution >= 4 is 23.2 Å². The Morgan fingerprint density at radius 1 is 1.35 bits per heavy atom. The molecule has 1 rings (SSSR count). The van der Waals surface area contributed by atoms with Crippen molar-refractivity contribution in [2.24, 2.45) is 0 Å². The van der Waals surface area contributed by atoms with Gasteiger partial charge < -0.3 is 10.1 Å². The quantitative estimate of drug-likeness (QED) is 0.858. The average Bonchev–Trinajstić information content (AvgIpc) is 2.31. The van der Waals surface area contributed by atoms with Crippen molar-refractivity contribution in [3.8, 4) is 0 Å². The molecule has 0 aliphatic heterocycles. The minimum absolute atomic E-state index is 0.139. The Labute approximate surface area is 113 Å². The van der Waals surface area contributed by atoms with Crippen LogP contribution in [0.1, 0.15) is 19.4 Å². The van der Waals surface area contributed by atoms with E-state index in [9.17, 15) is 0 Å². The fourth-order valence-electron chi connectivity index (χ4n) is 1.82. The van der Waals surface area contributed by atoms with Gasteiger partial charge >= 0.3 is 0 Å². The Bertz CT molecular complexity index is 357. The molecule has 0 aromatic heterocycles. The third-order valence-corrected chi connectivity index (χ3v) is 3.70. The van der Waals surface area contributed by atoms with E-state index in [-0.39, 0.29) is 12.1 Å². The van der Waals surface area contributed by atoms with E-state index in [2.05, 4.69) is 12.2 Å². The second kappa shape index (κ2) is 7.22. The second-order valence-electron chi connectivity index (χ2n) is 3.97. The van der Waals surface area contributed by atoms with E-state index in [4.69, 9.17) is 27.9 Å². The van der Waals surface area contributed by atoms with Gasteiger partial charge in [-0.25, -0.2) is 0 Å². The molecule has 0 heterocycles. The standard InChI is InChI=1S/C13H19Cl2NO/c1-4-17-9(2)12(16-3)8-10-6-5-7-11(14)13(10)15/h5-7,9,12,16H,4,8H2,1-3H3. The smallest absolute Gasteiger partial charge is 0.0702 e. The van der Waals surface area contributed by atoms with Crippen LogP contribution in [0.2, 0.25) is 10.0 Å². The maximum absolute atomic E-state index is 6.18. The number of rotatable bonds is 6. The van der Waals surface area contributed by atoms with Gasteiger partial charge in [0.15, 0.2) is 0 Å². The maximum Gasteiger partial charge on any atom is 0.0702 e. The minimum Gasteiger partial charge on any atom is -0.377 e. The van der Waals surface area contributed by atoms with E-state index in [0.717, 1.165) is 12.0 Å². The molecule has 0 bridgehead atoms. The highest BCUT2D eigenvalue weighted by Crippen LogP contribution is 2.26. The molecule has 4 heteroatoms. The summed E-state index contributed by atoms with van der Waals surface area (Å²) in [4.78, 5) is 0. The number of nitrogens with one attached hydrogen (secondary N) is 1. The van der Waals surface area contributed by atoms with Gasteiger partial charge in [-0.05, 0) is 38.9 Å². The fourth-order valence-corrected chi connectivity index (χ4v) is 2.22. The van der Waals surface area contributed by atoms with Gasteiger partial charge in [-0.2, -0.15) is 0 Å². The molecule has 0 saturated carbocycles. The third-order valence-electron chi connectivity index (χ3n) is 2.84. The molecule has 17 heavy (non-hydrogen) atoms. The molecule has 96 valence electrons. The van der Waals surface area contributed by atoms with Crippen LogP contribution in [0.25, 0.3) is 0 Å². The van der Waals surface area contributed by atoms with Crippen LogP contribution >= 0.6 is 23.2 Å². The van der Waals surface area contributed by atoms with E-state index in [1.54, 1.807) is 6.07 Å². The predicted octanol–water partition coefficient (Wildman–Crippen LogP) is 3.55. The summed E-state index contributed by atoms with van der Waals surface area (Å²) >= 11 is 12.2. The summed E-state index contributed by atoms with van der Waals surface area (Å²) in [5, 5.41) is 4.49. The molecule has 1 aromatic carbocycles. The van der Waals surface area contributed by atoms with Gasteiger partial charge in [-0.1, -0.05) is 35.3 Å². The molecular formula is C13H19Cl2NO. The van der Waals surface area contributed by atoms with Crippen molar-refractivity contribution in [1.29, 1.82) is 0 Å². The lowest BCUT2D eigenvalue weighted by atomic mass is 10.0. The lowest BCUT2D eigenvalue weighted by Gasteiger charge is -2.24. The van der Waals surface area contributed by atoms with Crippen molar-refractivity contribution in [3.05, 3.63) is 33.8 Å². The summed E-state index contributed by atoms with van der Waals surface area (Å²) in [5.74, 6) is 0. The summed E-state index contributed by atoms with van der Waals surface area (Å²) in [7, 11) is 1.93. The van der Waals surface area contributed by atoms with Crippen LogP contribution in [-0.2, 0) is 11.2 Å². The highest BCUT2D eigenvalue weighted by atomic mass is 35.5. The number of halogens is 2. The van der Waals surface area contributed by atoms with E-state index in [1.807, 2.05) is 26.1 Å². The lowest BCUT2D eigenvalue weighted by molar-refractivity contribution is 0.0497. The Morgan fingerprint density at radius 2 is 2.06 bits per heavy atom. The number of likely N-dealkylation sites (N-methyl/N-ethyl adjacent to an activating group) is 1. The van der Waals surface area contributed by atoms with Gasteiger partial charge in [0.25, 0.3) is 0 Å². The van der Waals surface area contributed by atoms with Gasteiger partial charge in [0.2, 0.25) is 0 Å². The molecule has 0 amide bonds. The van der Waals surface area contributed by atoms with Crippen LogP contribution in [0.15, 0.2) is 18.2 Å². The number of benzene rings is 1. The van der Waals surface area contributed by atoms with Crippen LogP contribution < -0.4 is 5.32 Å². The van der Waals surface area contributed by atoms with Gasteiger partial charge in [-0.15, -0.1) is 0 Å². The first-order valence-corrected chi connectivity index (χ1v) is 6.57. The van der Waals surface area contributed by atoms with E-state index in [1.165, 1.54) is 0 Å². The molecule has 0 aliphatic rings. The molecule has 2 unspecified atom stereocenters. The zero-order valence-corrected chi connectivity index (χ0v) is 12.0. The topological polar surface area (TPSA) is 21.3 Å². The average molecular weight is 276 g/mol. The Balaban J connectivity index is 2.77. The molecule has 1 aromatic rings. The first-order chi connectivity index (χ1) is 8.10. The normalized spacial score (nSPS) is 14.6. The largest absolute Gasteiger partial charge is 0.377 e. The van der Waals surface area contributed by atoms with Crippen LogP contribution in [0, 0.1) is 0 Å². The molecular weight excluding hydrogens is 257 g/mol. The zero-order valence-electron chi connectivity index (χ0n) is 10.5. The first kappa shape index (κ1) is 14.8. The van der Waals surface area contributed by atoms with Crippen molar-refractivity contribution in [2.75, 3.05) is 13.7 Å². The molecule has 0 aliphatic carbocycles. The lowest BCUT2D eigenvalue weighted by Crippen LogP contribution is -2.39. The predicted molar refractivity (Wildman–Crippen MR) is 74.1 cm³/mol. The third kappa shape index (κ3) is 4.14. The van der Waals surface area contributed by atoms with Crippen LogP contribution in [0.4, 0.5) is 0 Å².